The maximum atomic E-state index is 12.8. The van der Waals surface area contributed by atoms with Gasteiger partial charge in [0.1, 0.15) is 5.75 Å². The average molecular weight is 428 g/mol. The van der Waals surface area contributed by atoms with E-state index in [2.05, 4.69) is 9.88 Å². The highest BCUT2D eigenvalue weighted by Crippen LogP contribution is 2.44. The molecule has 2 saturated carbocycles. The van der Waals surface area contributed by atoms with E-state index in [1.54, 1.807) is 12.4 Å². The lowest BCUT2D eigenvalue weighted by Gasteiger charge is -2.34. The van der Waals surface area contributed by atoms with Crippen LogP contribution in [0.2, 0.25) is 0 Å². The van der Waals surface area contributed by atoms with Crippen molar-refractivity contribution in [3.05, 3.63) is 18.5 Å². The van der Waals surface area contributed by atoms with Gasteiger partial charge in [0, 0.05) is 25.1 Å². The minimum absolute atomic E-state index is 0.0597. The molecule has 1 saturated heterocycles. The standard InChI is InChI=1S/C21H27F3N2O4/c22-21(23,24)14-3-1-13(2-4-14)12-30-16-7-15(9-25-10-16)26-5-6-29-19(11-26)17-8-18(17)20(27)28/h7,9-10,13-14,17-19H,1-6,8,11-12H2,(H,27,28)/t13?,14?,17-,18-,19-/m0/s1. The van der Waals surface area contributed by atoms with Gasteiger partial charge in [-0.15, -0.1) is 0 Å². The van der Waals surface area contributed by atoms with E-state index in [1.807, 2.05) is 6.07 Å². The summed E-state index contributed by atoms with van der Waals surface area (Å²) < 4.78 is 50.0. The molecule has 2 heterocycles. The number of carboxylic acids is 1. The summed E-state index contributed by atoms with van der Waals surface area (Å²) in [4.78, 5) is 17.5. The van der Waals surface area contributed by atoms with Gasteiger partial charge in [-0.05, 0) is 38.0 Å². The number of pyridine rings is 1. The Morgan fingerprint density at radius 3 is 2.70 bits per heavy atom. The lowest BCUT2D eigenvalue weighted by molar-refractivity contribution is -0.184. The van der Waals surface area contributed by atoms with Crippen LogP contribution in [-0.4, -0.2) is 54.6 Å². The van der Waals surface area contributed by atoms with Crippen LogP contribution < -0.4 is 9.64 Å². The SMILES string of the molecule is O=C(O)[C@H]1C[C@@H]1[C@@H]1CN(c2cncc(OCC3CCC(C(F)(F)F)CC3)c2)CCO1. The lowest BCUT2D eigenvalue weighted by Crippen LogP contribution is -2.44. The molecule has 6 nitrogen and oxygen atoms in total. The van der Waals surface area contributed by atoms with Crippen LogP contribution in [0.5, 0.6) is 5.75 Å². The highest BCUT2D eigenvalue weighted by Gasteiger charge is 2.49. The normalized spacial score (nSPS) is 32.0. The maximum Gasteiger partial charge on any atom is 0.391 e. The summed E-state index contributed by atoms with van der Waals surface area (Å²) in [6, 6.07) is 1.89. The fourth-order valence-corrected chi connectivity index (χ4v) is 4.61. The third kappa shape index (κ3) is 4.99. The van der Waals surface area contributed by atoms with Gasteiger partial charge in [0.05, 0.1) is 49.2 Å². The molecule has 1 N–H and O–H groups in total. The minimum atomic E-state index is -4.09. The van der Waals surface area contributed by atoms with Crippen molar-refractivity contribution in [1.82, 2.24) is 4.98 Å². The smallest absolute Gasteiger partial charge is 0.391 e. The van der Waals surface area contributed by atoms with E-state index in [-0.39, 0.29) is 36.7 Å². The van der Waals surface area contributed by atoms with Crippen LogP contribution in [0.3, 0.4) is 0 Å². The van der Waals surface area contributed by atoms with Crippen LogP contribution in [-0.2, 0) is 9.53 Å². The van der Waals surface area contributed by atoms with Crippen molar-refractivity contribution in [3.8, 4) is 5.75 Å². The van der Waals surface area contributed by atoms with Crippen molar-refractivity contribution in [2.24, 2.45) is 23.7 Å². The molecule has 9 heteroatoms. The Kier molecular flexibility index (Phi) is 6.09. The first kappa shape index (κ1) is 21.2. The van der Waals surface area contributed by atoms with Gasteiger partial charge in [-0.3, -0.25) is 9.78 Å². The predicted octanol–water partition coefficient (Wildman–Crippen LogP) is 3.76. The average Bonchev–Trinajstić information content (AvgIpc) is 3.54. The molecule has 0 bridgehead atoms. The number of halogens is 3. The zero-order chi connectivity index (χ0) is 21.3. The number of aliphatic carboxylic acids is 1. The molecular weight excluding hydrogens is 401 g/mol. The van der Waals surface area contributed by atoms with E-state index in [0.717, 1.165) is 5.69 Å². The van der Waals surface area contributed by atoms with E-state index in [4.69, 9.17) is 14.6 Å². The fraction of sp³-hybridized carbons (Fsp3) is 0.714. The molecule has 1 aromatic rings. The number of carbonyl (C=O) groups is 1. The second-order valence-corrected chi connectivity index (χ2v) is 8.65. The van der Waals surface area contributed by atoms with Gasteiger partial charge in [0.15, 0.2) is 0 Å². The predicted molar refractivity (Wildman–Crippen MR) is 102 cm³/mol. The van der Waals surface area contributed by atoms with Gasteiger partial charge in [0.2, 0.25) is 0 Å². The number of aromatic nitrogens is 1. The molecule has 1 aromatic heterocycles. The number of hydrogen-bond acceptors (Lipinski definition) is 5. The third-order valence-corrected chi connectivity index (χ3v) is 6.59. The molecule has 0 aromatic carbocycles. The maximum absolute atomic E-state index is 12.8. The minimum Gasteiger partial charge on any atom is -0.492 e. The number of anilines is 1. The van der Waals surface area contributed by atoms with Gasteiger partial charge in [-0.2, -0.15) is 13.2 Å². The molecule has 0 amide bonds. The lowest BCUT2D eigenvalue weighted by atomic mass is 9.82. The van der Waals surface area contributed by atoms with Gasteiger partial charge >= 0.3 is 12.1 Å². The summed E-state index contributed by atoms with van der Waals surface area (Å²) in [7, 11) is 0. The quantitative estimate of drug-likeness (QED) is 0.744. The Morgan fingerprint density at radius 1 is 1.27 bits per heavy atom. The summed E-state index contributed by atoms with van der Waals surface area (Å²) in [5.41, 5.74) is 0.883. The summed E-state index contributed by atoms with van der Waals surface area (Å²) >= 11 is 0. The monoisotopic (exact) mass is 428 g/mol. The number of carboxylic acid groups (broad SMARTS) is 1. The van der Waals surface area contributed by atoms with Crippen LogP contribution in [0, 0.1) is 23.7 Å². The molecular formula is C21H27F3N2O4. The molecule has 30 heavy (non-hydrogen) atoms. The highest BCUT2D eigenvalue weighted by atomic mass is 19.4. The molecule has 4 rings (SSSR count). The molecule has 0 radical (unpaired) electrons. The molecule has 3 aliphatic rings. The fourth-order valence-electron chi connectivity index (χ4n) is 4.61. The number of nitrogens with zero attached hydrogens (tertiary/aromatic N) is 2. The molecule has 3 atom stereocenters. The second kappa shape index (κ2) is 8.61. The number of hydrogen-bond donors (Lipinski definition) is 1. The summed E-state index contributed by atoms with van der Waals surface area (Å²) in [6.45, 7) is 2.22. The van der Waals surface area contributed by atoms with Gasteiger partial charge < -0.3 is 19.5 Å². The van der Waals surface area contributed by atoms with Gasteiger partial charge in [-0.25, -0.2) is 0 Å². The first-order valence-electron chi connectivity index (χ1n) is 10.5. The van der Waals surface area contributed by atoms with Crippen molar-refractivity contribution >= 4 is 11.7 Å². The Hall–Kier alpha value is -2.03. The largest absolute Gasteiger partial charge is 0.492 e. The summed E-state index contributed by atoms with van der Waals surface area (Å²) in [5.74, 6) is -1.46. The summed E-state index contributed by atoms with van der Waals surface area (Å²) in [6.07, 6.45) is 1.20. The third-order valence-electron chi connectivity index (χ3n) is 6.59. The Morgan fingerprint density at radius 2 is 2.03 bits per heavy atom. The first-order chi connectivity index (χ1) is 14.3. The molecule has 166 valence electrons. The van der Waals surface area contributed by atoms with E-state index < -0.39 is 18.1 Å². The van der Waals surface area contributed by atoms with Crippen LogP contribution in [0.4, 0.5) is 18.9 Å². The molecule has 3 fully saturated rings. The van der Waals surface area contributed by atoms with E-state index in [1.165, 1.54) is 0 Å². The zero-order valence-corrected chi connectivity index (χ0v) is 16.7. The molecule has 0 unspecified atom stereocenters. The first-order valence-corrected chi connectivity index (χ1v) is 10.5. The Balaban J connectivity index is 1.28. The Labute approximate surface area is 173 Å². The van der Waals surface area contributed by atoms with Crippen molar-refractivity contribution < 1.29 is 32.5 Å². The molecule has 0 spiro atoms. The number of alkyl halides is 3. The second-order valence-electron chi connectivity index (χ2n) is 8.65. The van der Waals surface area contributed by atoms with Gasteiger partial charge in [-0.1, -0.05) is 0 Å². The van der Waals surface area contributed by atoms with Crippen LogP contribution >= 0.6 is 0 Å². The van der Waals surface area contributed by atoms with E-state index >= 15 is 0 Å². The number of rotatable bonds is 6. The van der Waals surface area contributed by atoms with Crippen LogP contribution in [0.25, 0.3) is 0 Å². The van der Waals surface area contributed by atoms with Crippen molar-refractivity contribution in [3.63, 3.8) is 0 Å². The zero-order valence-electron chi connectivity index (χ0n) is 16.7. The number of ether oxygens (including phenoxy) is 2. The number of morpholine rings is 1. The van der Waals surface area contributed by atoms with Crippen molar-refractivity contribution in [2.45, 2.75) is 44.4 Å². The molecule has 2 aliphatic carbocycles. The Bertz CT molecular complexity index is 752. The summed E-state index contributed by atoms with van der Waals surface area (Å²) in [5, 5.41) is 9.14. The molecule has 1 aliphatic heterocycles. The van der Waals surface area contributed by atoms with E-state index in [0.29, 0.717) is 51.3 Å². The van der Waals surface area contributed by atoms with E-state index in [9.17, 15) is 18.0 Å². The van der Waals surface area contributed by atoms with Crippen LogP contribution in [0.1, 0.15) is 32.1 Å². The topological polar surface area (TPSA) is 71.9 Å². The van der Waals surface area contributed by atoms with Crippen LogP contribution in [0.15, 0.2) is 18.5 Å². The van der Waals surface area contributed by atoms with Crippen molar-refractivity contribution in [2.75, 3.05) is 31.2 Å². The van der Waals surface area contributed by atoms with Crippen molar-refractivity contribution in [1.29, 1.82) is 0 Å². The van der Waals surface area contributed by atoms with Gasteiger partial charge in [0.25, 0.3) is 0 Å². The highest BCUT2D eigenvalue weighted by molar-refractivity contribution is 5.73.